The highest BCUT2D eigenvalue weighted by Gasteiger charge is 2.20. The molecule has 116 valence electrons. The first kappa shape index (κ1) is 15.3. The van der Waals surface area contributed by atoms with Gasteiger partial charge in [0.1, 0.15) is 5.82 Å². The maximum Gasteiger partial charge on any atom is 0.186 e. The fourth-order valence-electron chi connectivity index (χ4n) is 2.72. The van der Waals surface area contributed by atoms with Gasteiger partial charge >= 0.3 is 0 Å². The van der Waals surface area contributed by atoms with Crippen LogP contribution in [0.4, 0.5) is 4.39 Å². The molecule has 0 unspecified atom stereocenters. The Balaban J connectivity index is 1.47. The van der Waals surface area contributed by atoms with Crippen molar-refractivity contribution in [3.63, 3.8) is 0 Å². The van der Waals surface area contributed by atoms with Crippen LogP contribution in [0.5, 0.6) is 0 Å². The summed E-state index contributed by atoms with van der Waals surface area (Å²) in [5, 5.41) is 1.93. The summed E-state index contributed by atoms with van der Waals surface area (Å²) in [5.41, 5.74) is 1.00. The molecule has 22 heavy (non-hydrogen) atoms. The van der Waals surface area contributed by atoms with E-state index in [0.29, 0.717) is 6.54 Å². The van der Waals surface area contributed by atoms with E-state index in [1.165, 1.54) is 17.4 Å². The Hall–Kier alpha value is -1.56. The largest absolute Gasteiger partial charge is 0.297 e. The Morgan fingerprint density at radius 1 is 1.09 bits per heavy atom. The van der Waals surface area contributed by atoms with Gasteiger partial charge in [-0.2, -0.15) is 0 Å². The topological polar surface area (TPSA) is 23.6 Å². The van der Waals surface area contributed by atoms with Crippen molar-refractivity contribution in [2.75, 3.05) is 32.7 Å². The summed E-state index contributed by atoms with van der Waals surface area (Å²) < 4.78 is 13.2. The van der Waals surface area contributed by atoms with E-state index in [4.69, 9.17) is 0 Å². The van der Waals surface area contributed by atoms with Crippen LogP contribution in [0.2, 0.25) is 0 Å². The Labute approximate surface area is 134 Å². The number of thiophene rings is 1. The molecule has 2 aromatic rings. The van der Waals surface area contributed by atoms with Crippen molar-refractivity contribution in [2.45, 2.75) is 6.54 Å². The van der Waals surface area contributed by atoms with Crippen molar-refractivity contribution < 1.29 is 9.18 Å². The summed E-state index contributed by atoms with van der Waals surface area (Å²) in [6, 6.07) is 10.6. The zero-order valence-electron chi connectivity index (χ0n) is 12.4. The molecule has 0 bridgehead atoms. The smallest absolute Gasteiger partial charge is 0.186 e. The summed E-state index contributed by atoms with van der Waals surface area (Å²) in [4.78, 5) is 17.4. The van der Waals surface area contributed by atoms with E-state index in [0.717, 1.165) is 43.2 Å². The molecule has 0 amide bonds. The summed E-state index contributed by atoms with van der Waals surface area (Å²) >= 11 is 1.50. The summed E-state index contributed by atoms with van der Waals surface area (Å²) in [7, 11) is 0. The molecule has 1 aliphatic rings. The van der Waals surface area contributed by atoms with Crippen LogP contribution in [-0.4, -0.2) is 48.3 Å². The molecule has 0 aliphatic carbocycles. The molecule has 1 aliphatic heterocycles. The Morgan fingerprint density at radius 2 is 1.86 bits per heavy atom. The molecule has 3 nitrogen and oxygen atoms in total. The van der Waals surface area contributed by atoms with Gasteiger partial charge in [-0.05, 0) is 29.1 Å². The van der Waals surface area contributed by atoms with Crippen molar-refractivity contribution >= 4 is 17.1 Å². The summed E-state index contributed by atoms with van der Waals surface area (Å²) in [5.74, 6) is 0.0197. The van der Waals surface area contributed by atoms with Crippen LogP contribution in [0.25, 0.3) is 0 Å². The lowest BCUT2D eigenvalue weighted by Gasteiger charge is -2.34. The van der Waals surface area contributed by atoms with Crippen LogP contribution in [-0.2, 0) is 6.54 Å². The molecule has 2 heterocycles. The molecule has 5 heteroatoms. The first-order valence-corrected chi connectivity index (χ1v) is 8.34. The summed E-state index contributed by atoms with van der Waals surface area (Å²) in [6.07, 6.45) is 0. The van der Waals surface area contributed by atoms with Gasteiger partial charge in [0.2, 0.25) is 0 Å². The van der Waals surface area contributed by atoms with Crippen molar-refractivity contribution in [3.8, 4) is 0 Å². The molecular weight excluding hydrogens is 299 g/mol. The third-order valence-corrected chi connectivity index (χ3v) is 4.83. The van der Waals surface area contributed by atoms with Gasteiger partial charge in [0.25, 0.3) is 0 Å². The van der Waals surface area contributed by atoms with Crippen LogP contribution >= 0.6 is 11.3 Å². The van der Waals surface area contributed by atoms with E-state index in [1.54, 1.807) is 12.1 Å². The van der Waals surface area contributed by atoms with Crippen molar-refractivity contribution in [3.05, 3.63) is 58.0 Å². The van der Waals surface area contributed by atoms with Gasteiger partial charge in [0.15, 0.2) is 5.78 Å². The number of halogens is 1. The molecule has 0 radical (unpaired) electrons. The first-order chi connectivity index (χ1) is 10.7. The highest BCUT2D eigenvalue weighted by molar-refractivity contribution is 7.12. The van der Waals surface area contributed by atoms with E-state index >= 15 is 0 Å². The third-order valence-electron chi connectivity index (χ3n) is 3.92. The zero-order chi connectivity index (χ0) is 15.4. The fourth-order valence-corrected chi connectivity index (χ4v) is 3.37. The number of carbonyl (C=O) groups excluding carboxylic acids is 1. The minimum absolute atomic E-state index is 0.183. The summed E-state index contributed by atoms with van der Waals surface area (Å²) in [6.45, 7) is 4.85. The van der Waals surface area contributed by atoms with E-state index < -0.39 is 0 Å². The molecule has 1 aromatic carbocycles. The predicted molar refractivity (Wildman–Crippen MR) is 86.8 cm³/mol. The van der Waals surface area contributed by atoms with E-state index in [9.17, 15) is 9.18 Å². The highest BCUT2D eigenvalue weighted by Crippen LogP contribution is 2.13. The minimum atomic E-state index is -0.183. The fraction of sp³-hybridized carbons (Fsp3) is 0.353. The number of carbonyl (C=O) groups is 1. The number of hydrogen-bond donors (Lipinski definition) is 0. The first-order valence-electron chi connectivity index (χ1n) is 7.46. The van der Waals surface area contributed by atoms with Gasteiger partial charge in [-0.25, -0.2) is 4.39 Å². The zero-order valence-corrected chi connectivity index (χ0v) is 13.2. The number of nitrogens with zero attached hydrogens (tertiary/aromatic N) is 2. The maximum absolute atomic E-state index is 13.2. The lowest BCUT2D eigenvalue weighted by atomic mass is 10.2. The quantitative estimate of drug-likeness (QED) is 0.792. The van der Waals surface area contributed by atoms with Crippen LogP contribution in [0.15, 0.2) is 41.8 Å². The van der Waals surface area contributed by atoms with Gasteiger partial charge in [0.05, 0.1) is 11.4 Å². The Kier molecular flexibility index (Phi) is 4.97. The minimum Gasteiger partial charge on any atom is -0.297 e. The molecule has 0 atom stereocenters. The van der Waals surface area contributed by atoms with Crippen LogP contribution in [0, 0.1) is 5.82 Å². The van der Waals surface area contributed by atoms with Crippen molar-refractivity contribution in [1.29, 1.82) is 0 Å². The van der Waals surface area contributed by atoms with E-state index in [2.05, 4.69) is 9.80 Å². The Bertz CT molecular complexity index is 621. The normalized spacial score (nSPS) is 16.8. The lowest BCUT2D eigenvalue weighted by molar-refractivity contribution is 0.0847. The molecule has 1 fully saturated rings. The highest BCUT2D eigenvalue weighted by atomic mass is 32.1. The second-order valence-corrected chi connectivity index (χ2v) is 6.53. The van der Waals surface area contributed by atoms with Crippen LogP contribution < -0.4 is 0 Å². The molecule has 0 saturated carbocycles. The van der Waals surface area contributed by atoms with Crippen molar-refractivity contribution in [2.24, 2.45) is 0 Å². The van der Waals surface area contributed by atoms with Crippen molar-refractivity contribution in [1.82, 2.24) is 9.80 Å². The molecule has 1 aromatic heterocycles. The standard InChI is InChI=1S/C17H19FN2OS/c18-15-4-1-3-14(11-15)12-19-6-8-20(9-7-19)13-16(21)17-5-2-10-22-17/h1-5,10-11H,6-9,12-13H2. The number of piperazine rings is 1. The van der Waals surface area contributed by atoms with Gasteiger partial charge in [0, 0.05) is 32.7 Å². The van der Waals surface area contributed by atoms with Crippen LogP contribution in [0.3, 0.4) is 0 Å². The predicted octanol–water partition coefficient (Wildman–Crippen LogP) is 2.89. The van der Waals surface area contributed by atoms with Gasteiger partial charge < -0.3 is 0 Å². The van der Waals surface area contributed by atoms with Gasteiger partial charge in [-0.3, -0.25) is 14.6 Å². The SMILES string of the molecule is O=C(CN1CCN(Cc2cccc(F)c2)CC1)c1cccs1. The van der Waals surface area contributed by atoms with Gasteiger partial charge in [-0.1, -0.05) is 18.2 Å². The number of Topliss-reactive ketones (excluding diaryl/α,β-unsaturated/α-hetero) is 1. The molecule has 3 rings (SSSR count). The van der Waals surface area contributed by atoms with Gasteiger partial charge in [-0.15, -0.1) is 11.3 Å². The molecule has 1 saturated heterocycles. The van der Waals surface area contributed by atoms with E-state index in [1.807, 2.05) is 23.6 Å². The molecular formula is C17H19FN2OS. The monoisotopic (exact) mass is 318 g/mol. The second kappa shape index (κ2) is 7.13. The number of ketones is 1. The van der Waals surface area contributed by atoms with E-state index in [-0.39, 0.29) is 11.6 Å². The molecule has 0 spiro atoms. The second-order valence-electron chi connectivity index (χ2n) is 5.58. The number of rotatable bonds is 5. The maximum atomic E-state index is 13.2. The average Bonchev–Trinajstić information content (AvgIpc) is 3.04. The average molecular weight is 318 g/mol. The lowest BCUT2D eigenvalue weighted by Crippen LogP contribution is -2.47. The number of hydrogen-bond acceptors (Lipinski definition) is 4. The van der Waals surface area contributed by atoms with Crippen LogP contribution in [0.1, 0.15) is 15.2 Å². The number of benzene rings is 1. The molecule has 0 N–H and O–H groups in total. The third kappa shape index (κ3) is 4.00. The Morgan fingerprint density at radius 3 is 2.55 bits per heavy atom.